The summed E-state index contributed by atoms with van der Waals surface area (Å²) in [5, 5.41) is 8.49. The molecule has 0 radical (unpaired) electrons. The van der Waals surface area contributed by atoms with Crippen molar-refractivity contribution in [3.63, 3.8) is 0 Å². The van der Waals surface area contributed by atoms with E-state index >= 15 is 0 Å². The van der Waals surface area contributed by atoms with Crippen LogP contribution in [0.3, 0.4) is 0 Å². The summed E-state index contributed by atoms with van der Waals surface area (Å²) >= 11 is 0. The molecule has 3 aromatic rings. The highest BCUT2D eigenvalue weighted by molar-refractivity contribution is 5.94. The van der Waals surface area contributed by atoms with Gasteiger partial charge in [0.15, 0.2) is 0 Å². The van der Waals surface area contributed by atoms with E-state index in [4.69, 9.17) is 4.74 Å². The molecule has 34 heavy (non-hydrogen) atoms. The van der Waals surface area contributed by atoms with Crippen LogP contribution in [-0.4, -0.2) is 41.6 Å². The van der Waals surface area contributed by atoms with E-state index in [1.165, 1.54) is 12.8 Å². The molecule has 1 aliphatic rings. The molecule has 1 aromatic heterocycles. The molecule has 1 saturated heterocycles. The highest BCUT2D eigenvalue weighted by atomic mass is 16.5. The maximum Gasteiger partial charge on any atom is 0.407 e. The van der Waals surface area contributed by atoms with Gasteiger partial charge in [-0.05, 0) is 49.6 Å². The van der Waals surface area contributed by atoms with Crippen molar-refractivity contribution in [2.75, 3.05) is 35.2 Å². The second-order valence-corrected chi connectivity index (χ2v) is 8.02. The summed E-state index contributed by atoms with van der Waals surface area (Å²) in [6.45, 7) is 3.88. The summed E-state index contributed by atoms with van der Waals surface area (Å²) in [5.74, 6) is 2.03. The molecule has 3 N–H and O–H groups in total. The Balaban J connectivity index is 1.24. The maximum atomic E-state index is 12.1. The summed E-state index contributed by atoms with van der Waals surface area (Å²) in [7, 11) is 0. The first kappa shape index (κ1) is 23.0. The highest BCUT2D eigenvalue weighted by Crippen LogP contribution is 2.23. The van der Waals surface area contributed by atoms with Gasteiger partial charge in [0.2, 0.25) is 5.91 Å². The number of aryl methyl sites for hydroxylation is 1. The van der Waals surface area contributed by atoms with Gasteiger partial charge in [0.05, 0.1) is 0 Å². The Labute approximate surface area is 198 Å². The largest absolute Gasteiger partial charge is 0.445 e. The van der Waals surface area contributed by atoms with Crippen molar-refractivity contribution in [3.05, 3.63) is 72.1 Å². The fourth-order valence-corrected chi connectivity index (χ4v) is 3.64. The number of aromatic nitrogens is 2. The predicted molar refractivity (Wildman–Crippen MR) is 131 cm³/mol. The first-order valence-corrected chi connectivity index (χ1v) is 11.3. The molecular weight excluding hydrogens is 432 g/mol. The summed E-state index contributed by atoms with van der Waals surface area (Å²) in [4.78, 5) is 35.2. The lowest BCUT2D eigenvalue weighted by Crippen LogP contribution is -2.33. The van der Waals surface area contributed by atoms with Gasteiger partial charge in [-0.1, -0.05) is 30.3 Å². The summed E-state index contributed by atoms with van der Waals surface area (Å²) < 4.78 is 5.10. The van der Waals surface area contributed by atoms with Gasteiger partial charge in [0, 0.05) is 30.5 Å². The van der Waals surface area contributed by atoms with Crippen molar-refractivity contribution in [1.82, 2.24) is 15.3 Å². The van der Waals surface area contributed by atoms with E-state index in [1.807, 2.05) is 55.5 Å². The first-order chi connectivity index (χ1) is 16.5. The quantitative estimate of drug-likeness (QED) is 0.466. The van der Waals surface area contributed by atoms with Crippen LogP contribution >= 0.6 is 0 Å². The number of nitrogens with one attached hydrogen (secondary N) is 3. The highest BCUT2D eigenvalue weighted by Gasteiger charge is 2.15. The Morgan fingerprint density at radius 3 is 2.41 bits per heavy atom. The Bertz CT molecular complexity index is 1120. The number of rotatable bonds is 8. The topological polar surface area (TPSA) is 108 Å². The lowest BCUT2D eigenvalue weighted by Gasteiger charge is -2.18. The molecule has 0 spiro atoms. The van der Waals surface area contributed by atoms with Crippen molar-refractivity contribution in [2.24, 2.45) is 0 Å². The van der Waals surface area contributed by atoms with Crippen molar-refractivity contribution in [1.29, 1.82) is 0 Å². The molecule has 4 rings (SSSR count). The minimum atomic E-state index is -0.646. The zero-order valence-electron chi connectivity index (χ0n) is 19.1. The molecule has 0 saturated carbocycles. The SMILES string of the molecule is Cc1nc(Nc2ccc(NC(=O)CNC(=O)OCc3ccccc3)cc2)cc(N2CCCC2)n1. The summed E-state index contributed by atoms with van der Waals surface area (Å²) in [5.41, 5.74) is 2.33. The molecule has 2 amide bonds. The van der Waals surface area contributed by atoms with E-state index in [9.17, 15) is 9.59 Å². The lowest BCUT2D eigenvalue weighted by molar-refractivity contribution is -0.115. The lowest BCUT2D eigenvalue weighted by atomic mass is 10.2. The van der Waals surface area contributed by atoms with Crippen molar-refractivity contribution in [2.45, 2.75) is 26.4 Å². The smallest absolute Gasteiger partial charge is 0.407 e. The Kier molecular flexibility index (Phi) is 7.54. The Morgan fingerprint density at radius 2 is 1.68 bits per heavy atom. The standard InChI is InChI=1S/C25H28N6O3/c1-18-27-22(15-23(28-18)31-13-5-6-14-31)29-20-9-11-21(12-10-20)30-24(32)16-26-25(33)34-17-19-7-3-2-4-8-19/h2-4,7-12,15H,5-6,13-14,16-17H2,1H3,(H,26,33)(H,30,32)(H,27,28,29). The van der Waals surface area contributed by atoms with Gasteiger partial charge in [-0.25, -0.2) is 14.8 Å². The van der Waals surface area contributed by atoms with Crippen molar-refractivity contribution in [3.8, 4) is 0 Å². The van der Waals surface area contributed by atoms with E-state index in [2.05, 4.69) is 30.8 Å². The second-order valence-electron chi connectivity index (χ2n) is 8.02. The molecule has 0 atom stereocenters. The predicted octanol–water partition coefficient (Wildman–Crippen LogP) is 3.99. The average Bonchev–Trinajstić information content (AvgIpc) is 3.38. The van der Waals surface area contributed by atoms with Crippen LogP contribution in [-0.2, 0) is 16.1 Å². The normalized spacial score (nSPS) is 12.8. The van der Waals surface area contributed by atoms with E-state index in [0.717, 1.165) is 36.0 Å². The molecule has 9 heteroatoms. The Morgan fingerprint density at radius 1 is 0.971 bits per heavy atom. The zero-order valence-corrected chi connectivity index (χ0v) is 19.1. The monoisotopic (exact) mass is 460 g/mol. The Hall–Kier alpha value is -4.14. The number of benzene rings is 2. The fourth-order valence-electron chi connectivity index (χ4n) is 3.64. The number of amides is 2. The number of nitrogens with zero attached hydrogens (tertiary/aromatic N) is 3. The second kappa shape index (κ2) is 11.1. The van der Waals surface area contributed by atoms with Crippen molar-refractivity contribution < 1.29 is 14.3 Å². The van der Waals surface area contributed by atoms with Gasteiger partial charge in [-0.15, -0.1) is 0 Å². The summed E-state index contributed by atoms with van der Waals surface area (Å²) in [6.07, 6.45) is 1.72. The number of carbonyl (C=O) groups excluding carboxylic acids is 2. The van der Waals surface area contributed by atoms with Crippen LogP contribution in [0.15, 0.2) is 60.7 Å². The van der Waals surface area contributed by atoms with Crippen LogP contribution < -0.4 is 20.9 Å². The maximum absolute atomic E-state index is 12.1. The molecule has 176 valence electrons. The molecule has 0 aliphatic carbocycles. The molecule has 1 aliphatic heterocycles. The number of ether oxygens (including phenoxy) is 1. The van der Waals surface area contributed by atoms with Crippen LogP contribution in [0.5, 0.6) is 0 Å². The average molecular weight is 461 g/mol. The molecule has 1 fully saturated rings. The van der Waals surface area contributed by atoms with Gasteiger partial charge >= 0.3 is 6.09 Å². The number of carbonyl (C=O) groups is 2. The molecule has 0 unspecified atom stereocenters. The van der Waals surface area contributed by atoms with Crippen molar-refractivity contribution >= 4 is 35.0 Å². The molecule has 2 aromatic carbocycles. The van der Waals surface area contributed by atoms with Gasteiger partial charge in [0.1, 0.15) is 30.6 Å². The molecule has 2 heterocycles. The van der Waals surface area contributed by atoms with Crippen LogP contribution in [0.2, 0.25) is 0 Å². The molecule has 0 bridgehead atoms. The number of hydrogen-bond acceptors (Lipinski definition) is 7. The van der Waals surface area contributed by atoms with E-state index in [-0.39, 0.29) is 19.1 Å². The van der Waals surface area contributed by atoms with Crippen LogP contribution in [0, 0.1) is 6.92 Å². The zero-order chi connectivity index (χ0) is 23.8. The number of anilines is 4. The van der Waals surface area contributed by atoms with E-state index in [1.54, 1.807) is 12.1 Å². The molecule has 9 nitrogen and oxygen atoms in total. The third kappa shape index (κ3) is 6.68. The fraction of sp³-hybridized carbons (Fsp3) is 0.280. The minimum absolute atomic E-state index is 0.147. The first-order valence-electron chi connectivity index (χ1n) is 11.3. The van der Waals surface area contributed by atoms with Crippen LogP contribution in [0.1, 0.15) is 24.2 Å². The third-order valence-corrected chi connectivity index (χ3v) is 5.30. The minimum Gasteiger partial charge on any atom is -0.445 e. The van der Waals surface area contributed by atoms with E-state index in [0.29, 0.717) is 11.5 Å². The third-order valence-electron chi connectivity index (χ3n) is 5.30. The van der Waals surface area contributed by atoms with Gasteiger partial charge in [0.25, 0.3) is 0 Å². The number of hydrogen-bond donors (Lipinski definition) is 3. The van der Waals surface area contributed by atoms with Gasteiger partial charge < -0.3 is 25.6 Å². The van der Waals surface area contributed by atoms with Crippen LogP contribution in [0.4, 0.5) is 27.8 Å². The van der Waals surface area contributed by atoms with Crippen LogP contribution in [0.25, 0.3) is 0 Å². The molecular formula is C25H28N6O3. The summed E-state index contributed by atoms with van der Waals surface area (Å²) in [6, 6.07) is 18.6. The van der Waals surface area contributed by atoms with E-state index < -0.39 is 6.09 Å². The van der Waals surface area contributed by atoms with Gasteiger partial charge in [-0.3, -0.25) is 4.79 Å². The number of alkyl carbamates (subject to hydrolysis) is 1. The van der Waals surface area contributed by atoms with Gasteiger partial charge in [-0.2, -0.15) is 0 Å².